The van der Waals surface area contributed by atoms with E-state index in [4.69, 9.17) is 9.47 Å². The summed E-state index contributed by atoms with van der Waals surface area (Å²) >= 11 is 0. The van der Waals surface area contributed by atoms with Crippen LogP contribution >= 0.6 is 0 Å². The number of hydrogen-bond acceptors (Lipinski definition) is 4. The molecule has 0 heterocycles. The van der Waals surface area contributed by atoms with Crippen molar-refractivity contribution in [2.75, 3.05) is 21.3 Å². The highest BCUT2D eigenvalue weighted by atomic mass is 16.5. The Labute approximate surface area is 83.5 Å². The van der Waals surface area contributed by atoms with E-state index < -0.39 is 6.23 Å². The maximum Gasteiger partial charge on any atom is 0.161 e. The van der Waals surface area contributed by atoms with Crippen LogP contribution in [0.5, 0.6) is 11.5 Å². The molecule has 0 radical (unpaired) electrons. The number of benzene rings is 1. The van der Waals surface area contributed by atoms with Crippen molar-refractivity contribution in [2.24, 2.45) is 0 Å². The first-order chi connectivity index (χ1) is 6.72. The quantitative estimate of drug-likeness (QED) is 0.704. The summed E-state index contributed by atoms with van der Waals surface area (Å²) in [6.45, 7) is 0. The Morgan fingerprint density at radius 1 is 1.21 bits per heavy atom. The molecule has 0 aromatic heterocycles. The van der Waals surface area contributed by atoms with Crippen LogP contribution in [0.1, 0.15) is 11.8 Å². The molecule has 1 aromatic carbocycles. The monoisotopic (exact) mass is 197 g/mol. The van der Waals surface area contributed by atoms with Crippen molar-refractivity contribution in [3.05, 3.63) is 23.8 Å². The van der Waals surface area contributed by atoms with Gasteiger partial charge in [-0.15, -0.1) is 0 Å². The Balaban J connectivity index is 3.01. The fraction of sp³-hybridized carbons (Fsp3) is 0.400. The molecule has 1 unspecified atom stereocenters. The van der Waals surface area contributed by atoms with Gasteiger partial charge in [-0.05, 0) is 24.7 Å². The average Bonchev–Trinajstić information content (AvgIpc) is 2.26. The number of rotatable bonds is 4. The molecule has 0 saturated heterocycles. The minimum absolute atomic E-state index is 0.610. The lowest BCUT2D eigenvalue weighted by atomic mass is 10.2. The van der Waals surface area contributed by atoms with Gasteiger partial charge in [0.2, 0.25) is 0 Å². The number of methoxy groups -OCH3 is 2. The summed E-state index contributed by atoms with van der Waals surface area (Å²) in [5, 5.41) is 12.2. The number of nitrogens with one attached hydrogen (secondary N) is 1. The molecule has 0 aliphatic carbocycles. The molecular formula is C10H15NO3. The van der Waals surface area contributed by atoms with E-state index in [-0.39, 0.29) is 0 Å². The Morgan fingerprint density at radius 2 is 1.86 bits per heavy atom. The van der Waals surface area contributed by atoms with Crippen LogP contribution in [-0.4, -0.2) is 26.4 Å². The summed E-state index contributed by atoms with van der Waals surface area (Å²) in [7, 11) is 4.82. The minimum atomic E-state index is -0.685. The molecule has 2 N–H and O–H groups in total. The summed E-state index contributed by atoms with van der Waals surface area (Å²) in [4.78, 5) is 0. The zero-order valence-corrected chi connectivity index (χ0v) is 8.57. The Hall–Kier alpha value is -1.26. The normalized spacial score (nSPS) is 12.3. The van der Waals surface area contributed by atoms with E-state index in [0.29, 0.717) is 11.5 Å². The molecule has 1 aromatic rings. The Morgan fingerprint density at radius 3 is 2.36 bits per heavy atom. The molecular weight excluding hydrogens is 182 g/mol. The van der Waals surface area contributed by atoms with E-state index >= 15 is 0 Å². The molecule has 0 fully saturated rings. The lowest BCUT2D eigenvalue weighted by Crippen LogP contribution is -2.15. The average molecular weight is 197 g/mol. The molecule has 0 amide bonds. The van der Waals surface area contributed by atoms with Crippen LogP contribution in [0.25, 0.3) is 0 Å². The van der Waals surface area contributed by atoms with Gasteiger partial charge in [0.05, 0.1) is 14.2 Å². The first kappa shape index (κ1) is 10.8. The SMILES string of the molecule is CNC(O)c1ccc(OC)c(OC)c1. The highest BCUT2D eigenvalue weighted by molar-refractivity contribution is 5.43. The Bertz CT molecular complexity index is 301. The van der Waals surface area contributed by atoms with Crippen LogP contribution in [0.3, 0.4) is 0 Å². The van der Waals surface area contributed by atoms with Gasteiger partial charge in [0, 0.05) is 0 Å². The maximum atomic E-state index is 9.51. The third-order valence-electron chi connectivity index (χ3n) is 2.00. The third-order valence-corrected chi connectivity index (χ3v) is 2.00. The van der Waals surface area contributed by atoms with Crippen LogP contribution in [-0.2, 0) is 0 Å². The van der Waals surface area contributed by atoms with E-state index in [1.807, 2.05) is 0 Å². The molecule has 14 heavy (non-hydrogen) atoms. The van der Waals surface area contributed by atoms with E-state index in [1.165, 1.54) is 0 Å². The highest BCUT2D eigenvalue weighted by Gasteiger charge is 2.09. The summed E-state index contributed by atoms with van der Waals surface area (Å²) in [6, 6.07) is 5.28. The molecule has 1 rings (SSSR count). The van der Waals surface area contributed by atoms with Crippen molar-refractivity contribution in [3.63, 3.8) is 0 Å². The van der Waals surface area contributed by atoms with Gasteiger partial charge in [0.25, 0.3) is 0 Å². The van der Waals surface area contributed by atoms with Gasteiger partial charge in [-0.2, -0.15) is 0 Å². The summed E-state index contributed by atoms with van der Waals surface area (Å²) in [5.41, 5.74) is 0.741. The second kappa shape index (κ2) is 4.83. The van der Waals surface area contributed by atoms with Gasteiger partial charge in [-0.1, -0.05) is 6.07 Å². The molecule has 0 saturated carbocycles. The number of hydrogen-bond donors (Lipinski definition) is 2. The van der Waals surface area contributed by atoms with Crippen molar-refractivity contribution in [2.45, 2.75) is 6.23 Å². The van der Waals surface area contributed by atoms with Gasteiger partial charge in [0.15, 0.2) is 11.5 Å². The van der Waals surface area contributed by atoms with E-state index in [9.17, 15) is 5.11 Å². The second-order valence-electron chi connectivity index (χ2n) is 2.81. The van der Waals surface area contributed by atoms with Crippen molar-refractivity contribution in [1.82, 2.24) is 5.32 Å². The van der Waals surface area contributed by atoms with Gasteiger partial charge in [-0.3, -0.25) is 5.32 Å². The summed E-state index contributed by atoms with van der Waals surface area (Å²) in [6.07, 6.45) is -0.685. The number of aliphatic hydroxyl groups excluding tert-OH is 1. The molecule has 0 aliphatic rings. The summed E-state index contributed by atoms with van der Waals surface area (Å²) < 4.78 is 10.2. The molecule has 0 aliphatic heterocycles. The fourth-order valence-electron chi connectivity index (χ4n) is 1.19. The predicted molar refractivity (Wildman–Crippen MR) is 53.6 cm³/mol. The number of aliphatic hydroxyl groups is 1. The molecule has 1 atom stereocenters. The van der Waals surface area contributed by atoms with Crippen molar-refractivity contribution < 1.29 is 14.6 Å². The van der Waals surface area contributed by atoms with E-state index in [2.05, 4.69) is 5.32 Å². The van der Waals surface area contributed by atoms with Gasteiger partial charge >= 0.3 is 0 Å². The smallest absolute Gasteiger partial charge is 0.161 e. The third kappa shape index (κ3) is 2.16. The molecule has 4 nitrogen and oxygen atoms in total. The minimum Gasteiger partial charge on any atom is -0.493 e. The zero-order chi connectivity index (χ0) is 10.6. The maximum absolute atomic E-state index is 9.51. The standard InChI is InChI=1S/C10H15NO3/c1-11-10(12)7-4-5-8(13-2)9(6-7)14-3/h4-6,10-12H,1-3H3. The second-order valence-corrected chi connectivity index (χ2v) is 2.81. The zero-order valence-electron chi connectivity index (χ0n) is 8.57. The van der Waals surface area contributed by atoms with Crippen molar-refractivity contribution in [3.8, 4) is 11.5 Å². The van der Waals surface area contributed by atoms with Crippen LogP contribution in [0.2, 0.25) is 0 Å². The van der Waals surface area contributed by atoms with E-state index in [0.717, 1.165) is 5.56 Å². The highest BCUT2D eigenvalue weighted by Crippen LogP contribution is 2.29. The van der Waals surface area contributed by atoms with E-state index in [1.54, 1.807) is 39.5 Å². The topological polar surface area (TPSA) is 50.7 Å². The largest absolute Gasteiger partial charge is 0.493 e. The van der Waals surface area contributed by atoms with Gasteiger partial charge < -0.3 is 14.6 Å². The Kier molecular flexibility index (Phi) is 3.73. The van der Waals surface area contributed by atoms with Gasteiger partial charge in [0.1, 0.15) is 6.23 Å². The van der Waals surface area contributed by atoms with Gasteiger partial charge in [-0.25, -0.2) is 0 Å². The van der Waals surface area contributed by atoms with Crippen molar-refractivity contribution in [1.29, 1.82) is 0 Å². The van der Waals surface area contributed by atoms with Crippen LogP contribution in [0, 0.1) is 0 Å². The lowest BCUT2D eigenvalue weighted by molar-refractivity contribution is 0.149. The first-order valence-corrected chi connectivity index (χ1v) is 4.30. The van der Waals surface area contributed by atoms with Crippen LogP contribution in [0.4, 0.5) is 0 Å². The number of ether oxygens (including phenoxy) is 2. The van der Waals surface area contributed by atoms with Crippen LogP contribution < -0.4 is 14.8 Å². The first-order valence-electron chi connectivity index (χ1n) is 4.30. The fourth-order valence-corrected chi connectivity index (χ4v) is 1.19. The molecule has 78 valence electrons. The predicted octanol–water partition coefficient (Wildman–Crippen LogP) is 0.914. The van der Waals surface area contributed by atoms with Crippen LogP contribution in [0.15, 0.2) is 18.2 Å². The summed E-state index contributed by atoms with van der Waals surface area (Å²) in [5.74, 6) is 1.26. The molecule has 0 bridgehead atoms. The van der Waals surface area contributed by atoms with Crippen molar-refractivity contribution >= 4 is 0 Å². The molecule has 4 heteroatoms. The lowest BCUT2D eigenvalue weighted by Gasteiger charge is -2.13. The molecule has 0 spiro atoms.